The van der Waals surface area contributed by atoms with E-state index in [-0.39, 0.29) is 0 Å². The van der Waals surface area contributed by atoms with Gasteiger partial charge in [-0.25, -0.2) is 0 Å². The highest BCUT2D eigenvalue weighted by Gasteiger charge is 1.97. The number of allylic oxidation sites excluding steroid dienone is 2. The molecular formula is C6H9NS. The lowest BCUT2D eigenvalue weighted by Gasteiger charge is -2.11. The minimum atomic E-state index is 0.434. The number of hydrogen-bond acceptors (Lipinski definition) is 2. The monoisotopic (exact) mass is 127 g/mol. The highest BCUT2D eigenvalue weighted by Crippen LogP contribution is 1.94. The molecule has 0 radical (unpaired) electrons. The summed E-state index contributed by atoms with van der Waals surface area (Å²) in [6, 6.07) is 0.434. The molecule has 1 aliphatic rings. The molecule has 0 saturated heterocycles. The zero-order valence-electron chi connectivity index (χ0n) is 4.54. The maximum atomic E-state index is 4.12. The highest BCUT2D eigenvalue weighted by atomic mass is 32.1. The molecule has 0 fully saturated rings. The van der Waals surface area contributed by atoms with Gasteiger partial charge in [0.25, 0.3) is 0 Å². The predicted molar refractivity (Wildman–Crippen MR) is 39.1 cm³/mol. The van der Waals surface area contributed by atoms with Crippen molar-refractivity contribution < 1.29 is 0 Å². The maximum absolute atomic E-state index is 4.12. The van der Waals surface area contributed by atoms with Crippen LogP contribution in [0.25, 0.3) is 0 Å². The predicted octanol–water partition coefficient (Wildman–Crippen LogP) is 0.958. The lowest BCUT2D eigenvalue weighted by molar-refractivity contribution is 0.773. The van der Waals surface area contributed by atoms with Gasteiger partial charge >= 0.3 is 0 Å². The Hall–Kier alpha value is -0.370. The van der Waals surface area contributed by atoms with E-state index in [2.05, 4.69) is 24.0 Å². The second-order valence-corrected chi connectivity index (χ2v) is 2.06. The van der Waals surface area contributed by atoms with E-state index < -0.39 is 0 Å². The van der Waals surface area contributed by atoms with E-state index in [9.17, 15) is 0 Å². The van der Waals surface area contributed by atoms with Crippen molar-refractivity contribution >= 4 is 12.6 Å². The van der Waals surface area contributed by atoms with Gasteiger partial charge in [-0.3, -0.25) is 0 Å². The zero-order chi connectivity index (χ0) is 5.82. The van der Waals surface area contributed by atoms with E-state index in [0.29, 0.717) is 6.04 Å². The Morgan fingerprint density at radius 1 is 1.50 bits per heavy atom. The van der Waals surface area contributed by atoms with Gasteiger partial charge in [-0.05, 0) is 12.3 Å². The molecule has 44 valence electrons. The first kappa shape index (κ1) is 5.76. The second kappa shape index (κ2) is 2.82. The largest absolute Gasteiger partial charge is 0.384 e. The van der Waals surface area contributed by atoms with Crippen molar-refractivity contribution in [3.05, 3.63) is 24.4 Å². The summed E-state index contributed by atoms with van der Waals surface area (Å²) >= 11 is 4.12. The standard InChI is InChI=1S/C6H9NS/c8-5-6-3-1-2-4-7-6/h1-4,6-8H,5H2. The minimum Gasteiger partial charge on any atom is -0.384 e. The van der Waals surface area contributed by atoms with Crippen molar-refractivity contribution in [2.24, 2.45) is 0 Å². The number of rotatable bonds is 1. The van der Waals surface area contributed by atoms with Crippen LogP contribution in [-0.2, 0) is 0 Å². The molecule has 1 N–H and O–H groups in total. The van der Waals surface area contributed by atoms with Crippen LogP contribution in [0.3, 0.4) is 0 Å². The number of dihydropyridines is 1. The van der Waals surface area contributed by atoms with Crippen molar-refractivity contribution in [1.29, 1.82) is 0 Å². The summed E-state index contributed by atoms with van der Waals surface area (Å²) in [5, 5.41) is 3.12. The number of hydrogen-bond donors (Lipinski definition) is 2. The fourth-order valence-corrected chi connectivity index (χ4v) is 0.829. The minimum absolute atomic E-state index is 0.434. The smallest absolute Gasteiger partial charge is 0.0530 e. The molecule has 1 aliphatic heterocycles. The van der Waals surface area contributed by atoms with Crippen molar-refractivity contribution in [2.75, 3.05) is 5.75 Å². The SMILES string of the molecule is SCC1C=CC=CN1. The Labute approximate surface area is 54.9 Å². The van der Waals surface area contributed by atoms with Crippen LogP contribution in [0.1, 0.15) is 0 Å². The zero-order valence-corrected chi connectivity index (χ0v) is 5.44. The molecule has 0 aromatic rings. The first-order chi connectivity index (χ1) is 3.93. The molecule has 1 nitrogen and oxygen atoms in total. The summed E-state index contributed by atoms with van der Waals surface area (Å²) < 4.78 is 0. The topological polar surface area (TPSA) is 12.0 Å². The average molecular weight is 127 g/mol. The van der Waals surface area contributed by atoms with Gasteiger partial charge in [-0.1, -0.05) is 12.2 Å². The molecule has 0 aromatic heterocycles. The average Bonchev–Trinajstić information content (AvgIpc) is 1.90. The van der Waals surface area contributed by atoms with Gasteiger partial charge in [0, 0.05) is 5.75 Å². The summed E-state index contributed by atoms with van der Waals surface area (Å²) in [5.41, 5.74) is 0. The van der Waals surface area contributed by atoms with Crippen LogP contribution in [0.5, 0.6) is 0 Å². The van der Waals surface area contributed by atoms with Crippen LogP contribution < -0.4 is 5.32 Å². The molecule has 8 heavy (non-hydrogen) atoms. The third-order valence-corrected chi connectivity index (χ3v) is 1.45. The number of nitrogens with one attached hydrogen (secondary N) is 1. The molecule has 1 heterocycles. The molecular weight excluding hydrogens is 118 g/mol. The number of thiol groups is 1. The van der Waals surface area contributed by atoms with Crippen molar-refractivity contribution in [3.8, 4) is 0 Å². The third kappa shape index (κ3) is 1.30. The Morgan fingerprint density at radius 3 is 2.75 bits per heavy atom. The van der Waals surface area contributed by atoms with Crippen LogP contribution in [0, 0.1) is 0 Å². The molecule has 0 aromatic carbocycles. The lowest BCUT2D eigenvalue weighted by Crippen LogP contribution is -2.24. The molecule has 0 amide bonds. The van der Waals surface area contributed by atoms with Crippen LogP contribution in [0.4, 0.5) is 0 Å². The second-order valence-electron chi connectivity index (χ2n) is 1.70. The fraction of sp³-hybridized carbons (Fsp3) is 0.333. The van der Waals surface area contributed by atoms with Gasteiger partial charge in [0.1, 0.15) is 0 Å². The molecule has 1 rings (SSSR count). The summed E-state index contributed by atoms with van der Waals surface area (Å²) in [4.78, 5) is 0. The molecule has 0 saturated carbocycles. The summed E-state index contributed by atoms with van der Waals surface area (Å²) in [6.07, 6.45) is 8.02. The van der Waals surface area contributed by atoms with E-state index in [1.54, 1.807) is 0 Å². The van der Waals surface area contributed by atoms with Gasteiger partial charge in [0.2, 0.25) is 0 Å². The maximum Gasteiger partial charge on any atom is 0.0530 e. The van der Waals surface area contributed by atoms with Gasteiger partial charge in [-0.15, -0.1) is 0 Å². The Balaban J connectivity index is 2.40. The van der Waals surface area contributed by atoms with Crippen molar-refractivity contribution in [2.45, 2.75) is 6.04 Å². The van der Waals surface area contributed by atoms with E-state index in [0.717, 1.165) is 5.75 Å². The molecule has 1 unspecified atom stereocenters. The quantitative estimate of drug-likeness (QED) is 0.500. The summed E-state index contributed by atoms with van der Waals surface area (Å²) in [6.45, 7) is 0. The van der Waals surface area contributed by atoms with Gasteiger partial charge in [0.05, 0.1) is 6.04 Å². The fourth-order valence-electron chi connectivity index (χ4n) is 0.602. The van der Waals surface area contributed by atoms with E-state index >= 15 is 0 Å². The van der Waals surface area contributed by atoms with E-state index in [4.69, 9.17) is 0 Å². The first-order valence-corrected chi connectivity index (χ1v) is 3.27. The molecule has 0 aliphatic carbocycles. The lowest BCUT2D eigenvalue weighted by atomic mass is 10.2. The van der Waals surface area contributed by atoms with Crippen LogP contribution in [-0.4, -0.2) is 11.8 Å². The van der Waals surface area contributed by atoms with E-state index in [1.165, 1.54) is 0 Å². The Bertz CT molecular complexity index is 118. The van der Waals surface area contributed by atoms with E-state index in [1.807, 2.05) is 18.4 Å². The van der Waals surface area contributed by atoms with Gasteiger partial charge < -0.3 is 5.32 Å². The van der Waals surface area contributed by atoms with Crippen molar-refractivity contribution in [1.82, 2.24) is 5.32 Å². The molecule has 0 spiro atoms. The van der Waals surface area contributed by atoms with Crippen LogP contribution in [0.15, 0.2) is 24.4 Å². The highest BCUT2D eigenvalue weighted by molar-refractivity contribution is 7.80. The summed E-state index contributed by atoms with van der Waals surface area (Å²) in [7, 11) is 0. The van der Waals surface area contributed by atoms with Crippen molar-refractivity contribution in [3.63, 3.8) is 0 Å². The molecule has 0 bridgehead atoms. The van der Waals surface area contributed by atoms with Crippen LogP contribution >= 0.6 is 12.6 Å². The first-order valence-electron chi connectivity index (χ1n) is 2.64. The van der Waals surface area contributed by atoms with Gasteiger partial charge in [-0.2, -0.15) is 12.6 Å². The Morgan fingerprint density at radius 2 is 2.38 bits per heavy atom. The van der Waals surface area contributed by atoms with Gasteiger partial charge in [0.15, 0.2) is 0 Å². The molecule has 1 atom stereocenters. The summed E-state index contributed by atoms with van der Waals surface area (Å²) in [5.74, 6) is 0.862. The normalized spacial score (nSPS) is 25.4. The molecule has 2 heteroatoms. The third-order valence-electron chi connectivity index (χ3n) is 1.06. The van der Waals surface area contributed by atoms with Crippen LogP contribution in [0.2, 0.25) is 0 Å². The Kier molecular flexibility index (Phi) is 2.03.